The highest BCUT2D eigenvalue weighted by Crippen LogP contribution is 2.28. The van der Waals surface area contributed by atoms with Crippen LogP contribution in [0.15, 0.2) is 46.9 Å². The van der Waals surface area contributed by atoms with Gasteiger partial charge < -0.3 is 5.32 Å². The summed E-state index contributed by atoms with van der Waals surface area (Å²) in [5.41, 5.74) is 3.10. The first-order chi connectivity index (χ1) is 10.6. The van der Waals surface area contributed by atoms with Gasteiger partial charge in [0.2, 0.25) is 0 Å². The summed E-state index contributed by atoms with van der Waals surface area (Å²) in [6.45, 7) is 2.39. The molecule has 0 unspecified atom stereocenters. The number of carbonyl (C=O) groups excluding carboxylic acids is 2. The Bertz CT molecular complexity index is 758. The second-order valence-electron chi connectivity index (χ2n) is 5.24. The number of benzene rings is 2. The fourth-order valence-corrected chi connectivity index (χ4v) is 2.86. The summed E-state index contributed by atoms with van der Waals surface area (Å²) in [7, 11) is 0. The van der Waals surface area contributed by atoms with Crippen LogP contribution in [0.2, 0.25) is 0 Å². The molecular formula is C17H15BrN2O2. The highest BCUT2D eigenvalue weighted by Gasteiger charge is 2.26. The number of urea groups is 1. The molecule has 2 aromatic carbocycles. The molecule has 3 rings (SSSR count). The van der Waals surface area contributed by atoms with E-state index in [1.807, 2.05) is 37.3 Å². The molecule has 1 aliphatic rings. The first-order valence-corrected chi connectivity index (χ1v) is 7.82. The summed E-state index contributed by atoms with van der Waals surface area (Å²) in [5, 5.41) is 2.88. The van der Waals surface area contributed by atoms with E-state index in [-0.39, 0.29) is 11.8 Å². The van der Waals surface area contributed by atoms with Gasteiger partial charge >= 0.3 is 6.03 Å². The zero-order valence-corrected chi connectivity index (χ0v) is 13.7. The number of ketones is 1. The third-order valence-corrected chi connectivity index (χ3v) is 4.58. The van der Waals surface area contributed by atoms with Crippen molar-refractivity contribution in [2.45, 2.75) is 13.3 Å². The lowest BCUT2D eigenvalue weighted by Crippen LogP contribution is -2.40. The average molecular weight is 359 g/mol. The van der Waals surface area contributed by atoms with Crippen LogP contribution in [0.3, 0.4) is 0 Å². The Hall–Kier alpha value is -2.14. The number of hydrogen-bond donors (Lipinski definition) is 1. The number of fused-ring (bicyclic) bond motifs is 1. The molecule has 1 aliphatic heterocycles. The van der Waals surface area contributed by atoms with Crippen LogP contribution >= 0.6 is 15.9 Å². The molecule has 0 saturated heterocycles. The summed E-state index contributed by atoms with van der Waals surface area (Å²) in [6.07, 6.45) is 0.349. The minimum Gasteiger partial charge on any atom is -0.308 e. The molecule has 2 aromatic rings. The number of aryl methyl sites for hydroxylation is 1. The topological polar surface area (TPSA) is 49.4 Å². The Labute approximate surface area is 137 Å². The van der Waals surface area contributed by atoms with Gasteiger partial charge in [0, 0.05) is 28.7 Å². The first-order valence-electron chi connectivity index (χ1n) is 7.03. The van der Waals surface area contributed by atoms with Crippen molar-refractivity contribution in [3.8, 4) is 0 Å². The Morgan fingerprint density at radius 2 is 2.00 bits per heavy atom. The normalized spacial score (nSPS) is 13.7. The molecule has 1 N–H and O–H groups in total. The van der Waals surface area contributed by atoms with E-state index >= 15 is 0 Å². The Kier molecular flexibility index (Phi) is 3.98. The number of para-hydroxylation sites is 1. The summed E-state index contributed by atoms with van der Waals surface area (Å²) in [4.78, 5) is 26.1. The van der Waals surface area contributed by atoms with E-state index in [1.165, 1.54) is 0 Å². The molecule has 0 aromatic heterocycles. The smallest absolute Gasteiger partial charge is 0.308 e. The number of nitrogens with zero attached hydrogens (tertiary/aromatic N) is 1. The van der Waals surface area contributed by atoms with E-state index in [1.54, 1.807) is 17.0 Å². The molecule has 5 heteroatoms. The summed E-state index contributed by atoms with van der Waals surface area (Å²) in [5.74, 6) is 0.0812. The number of rotatable bonds is 1. The van der Waals surface area contributed by atoms with Gasteiger partial charge in [-0.2, -0.15) is 0 Å². The van der Waals surface area contributed by atoms with Gasteiger partial charge in [0.05, 0.1) is 5.69 Å². The zero-order valence-electron chi connectivity index (χ0n) is 12.1. The lowest BCUT2D eigenvalue weighted by atomic mass is 10.0. The third-order valence-electron chi connectivity index (χ3n) is 3.73. The largest absolute Gasteiger partial charge is 0.326 e. The van der Waals surface area contributed by atoms with E-state index < -0.39 is 0 Å². The maximum atomic E-state index is 12.5. The summed E-state index contributed by atoms with van der Waals surface area (Å²) in [6, 6.07) is 12.7. The van der Waals surface area contributed by atoms with Gasteiger partial charge in [-0.15, -0.1) is 0 Å². The highest BCUT2D eigenvalue weighted by molar-refractivity contribution is 9.10. The van der Waals surface area contributed by atoms with Crippen molar-refractivity contribution in [3.63, 3.8) is 0 Å². The highest BCUT2D eigenvalue weighted by atomic mass is 79.9. The Balaban J connectivity index is 1.85. The van der Waals surface area contributed by atoms with Gasteiger partial charge in [-0.05, 0) is 36.8 Å². The van der Waals surface area contributed by atoms with Crippen LogP contribution in [0.4, 0.5) is 16.2 Å². The summed E-state index contributed by atoms with van der Waals surface area (Å²) >= 11 is 3.46. The van der Waals surface area contributed by atoms with Crippen LogP contribution in [-0.4, -0.2) is 18.4 Å². The van der Waals surface area contributed by atoms with Gasteiger partial charge in [-0.25, -0.2) is 4.79 Å². The fraction of sp³-hybridized carbons (Fsp3) is 0.176. The molecule has 0 radical (unpaired) electrons. The van der Waals surface area contributed by atoms with Crippen LogP contribution in [0.1, 0.15) is 22.3 Å². The van der Waals surface area contributed by atoms with E-state index in [9.17, 15) is 9.59 Å². The van der Waals surface area contributed by atoms with Crippen molar-refractivity contribution in [1.29, 1.82) is 0 Å². The van der Waals surface area contributed by atoms with Gasteiger partial charge in [-0.1, -0.05) is 34.1 Å². The second-order valence-corrected chi connectivity index (χ2v) is 6.09. The lowest BCUT2D eigenvalue weighted by Gasteiger charge is -2.28. The fourth-order valence-electron chi connectivity index (χ4n) is 2.49. The minimum atomic E-state index is -0.226. The van der Waals surface area contributed by atoms with Crippen LogP contribution in [-0.2, 0) is 0 Å². The molecule has 0 bridgehead atoms. The molecule has 0 spiro atoms. The van der Waals surface area contributed by atoms with Gasteiger partial charge in [0.15, 0.2) is 5.78 Å². The monoisotopic (exact) mass is 358 g/mol. The van der Waals surface area contributed by atoms with Crippen molar-refractivity contribution in [2.24, 2.45) is 0 Å². The van der Waals surface area contributed by atoms with Crippen LogP contribution in [0.5, 0.6) is 0 Å². The number of anilines is 2. The average Bonchev–Trinajstić information content (AvgIpc) is 2.51. The molecule has 22 heavy (non-hydrogen) atoms. The SMILES string of the molecule is Cc1ccc(NC(=O)N2CCC(=O)c3ccccc32)cc1Br. The number of halogens is 1. The molecule has 4 nitrogen and oxygen atoms in total. The van der Waals surface area contributed by atoms with E-state index in [4.69, 9.17) is 0 Å². The van der Waals surface area contributed by atoms with E-state index in [0.29, 0.717) is 24.2 Å². The lowest BCUT2D eigenvalue weighted by molar-refractivity contribution is 0.0981. The van der Waals surface area contributed by atoms with Crippen molar-refractivity contribution < 1.29 is 9.59 Å². The molecule has 0 atom stereocenters. The number of nitrogens with one attached hydrogen (secondary N) is 1. The molecule has 0 saturated carbocycles. The van der Waals surface area contributed by atoms with Crippen LogP contribution in [0.25, 0.3) is 0 Å². The standard InChI is InChI=1S/C17H15BrN2O2/c1-11-6-7-12(10-14(11)18)19-17(22)20-9-8-16(21)13-4-2-3-5-15(13)20/h2-7,10H,8-9H2,1H3,(H,19,22). The molecule has 112 valence electrons. The molecule has 2 amide bonds. The Morgan fingerprint density at radius 1 is 1.23 bits per heavy atom. The van der Waals surface area contributed by atoms with Crippen molar-refractivity contribution in [1.82, 2.24) is 0 Å². The first kappa shape index (κ1) is 14.8. The second kappa shape index (κ2) is 5.93. The van der Waals surface area contributed by atoms with Gasteiger partial charge in [-0.3, -0.25) is 9.69 Å². The molecule has 0 aliphatic carbocycles. The quantitative estimate of drug-likeness (QED) is 0.821. The predicted octanol–water partition coefficient (Wildman–Crippen LogP) is 4.38. The maximum Gasteiger partial charge on any atom is 0.326 e. The van der Waals surface area contributed by atoms with E-state index in [0.717, 1.165) is 15.7 Å². The van der Waals surface area contributed by atoms with Crippen molar-refractivity contribution >= 4 is 39.1 Å². The number of carbonyl (C=O) groups is 2. The minimum absolute atomic E-state index is 0.0812. The van der Waals surface area contributed by atoms with Crippen LogP contribution in [0, 0.1) is 6.92 Å². The van der Waals surface area contributed by atoms with Crippen molar-refractivity contribution in [3.05, 3.63) is 58.1 Å². The van der Waals surface area contributed by atoms with Crippen LogP contribution < -0.4 is 10.2 Å². The number of amides is 2. The van der Waals surface area contributed by atoms with Gasteiger partial charge in [0.25, 0.3) is 0 Å². The Morgan fingerprint density at radius 3 is 2.77 bits per heavy atom. The molecule has 0 fully saturated rings. The zero-order chi connectivity index (χ0) is 15.7. The predicted molar refractivity (Wildman–Crippen MR) is 90.6 cm³/mol. The number of hydrogen-bond acceptors (Lipinski definition) is 2. The van der Waals surface area contributed by atoms with E-state index in [2.05, 4.69) is 21.2 Å². The summed E-state index contributed by atoms with van der Waals surface area (Å²) < 4.78 is 0.944. The molecule has 1 heterocycles. The van der Waals surface area contributed by atoms with Gasteiger partial charge in [0.1, 0.15) is 0 Å². The maximum absolute atomic E-state index is 12.5. The van der Waals surface area contributed by atoms with Crippen molar-refractivity contribution in [2.75, 3.05) is 16.8 Å². The molecular weight excluding hydrogens is 344 g/mol. The third kappa shape index (κ3) is 2.76. The number of Topliss-reactive ketones (excluding diaryl/α,β-unsaturated/α-hetero) is 1.